The Kier molecular flexibility index (Phi) is 4.73. The Morgan fingerprint density at radius 3 is 2.93 bits per heavy atom. The standard InChI is InChI=1S/C20H19ClN4O2/c1-27-18-8-3-2-7-15(18)19-16-12-25(10-9-17(16)23-24-19)20(26)22-14-6-4-5-13(21)11-14/h2-8,11H,9-10,12H2,1H3,(H,22,26)(H,23,24). The van der Waals surface area contributed by atoms with Crippen LogP contribution in [-0.4, -0.2) is 34.8 Å². The molecule has 2 amide bonds. The monoisotopic (exact) mass is 382 g/mol. The number of benzene rings is 2. The Bertz CT molecular complexity index is 986. The Balaban J connectivity index is 1.58. The predicted octanol–water partition coefficient (Wildman–Crippen LogP) is 4.33. The summed E-state index contributed by atoms with van der Waals surface area (Å²) in [6.45, 7) is 1.10. The molecule has 0 radical (unpaired) electrons. The van der Waals surface area contributed by atoms with Crippen LogP contribution in [0.25, 0.3) is 11.3 Å². The number of nitrogens with one attached hydrogen (secondary N) is 2. The van der Waals surface area contributed by atoms with Gasteiger partial charge < -0.3 is 15.0 Å². The fourth-order valence-corrected chi connectivity index (χ4v) is 3.49. The number of methoxy groups -OCH3 is 1. The van der Waals surface area contributed by atoms with E-state index in [1.807, 2.05) is 36.4 Å². The molecule has 0 fully saturated rings. The number of hydrogen-bond acceptors (Lipinski definition) is 3. The van der Waals surface area contributed by atoms with Crippen molar-refractivity contribution in [1.29, 1.82) is 0 Å². The van der Waals surface area contributed by atoms with Crippen LogP contribution in [0.5, 0.6) is 5.75 Å². The first-order valence-electron chi connectivity index (χ1n) is 8.66. The van der Waals surface area contributed by atoms with E-state index >= 15 is 0 Å². The number of fused-ring (bicyclic) bond motifs is 1. The topological polar surface area (TPSA) is 70.2 Å². The molecule has 0 saturated heterocycles. The second-order valence-corrected chi connectivity index (χ2v) is 6.78. The normalized spacial score (nSPS) is 13.2. The molecule has 27 heavy (non-hydrogen) atoms. The van der Waals surface area contributed by atoms with Crippen LogP contribution in [0, 0.1) is 0 Å². The van der Waals surface area contributed by atoms with Gasteiger partial charge in [-0.3, -0.25) is 5.10 Å². The van der Waals surface area contributed by atoms with Crippen molar-refractivity contribution in [3.05, 3.63) is 64.8 Å². The Labute approximate surface area is 162 Å². The number of halogens is 1. The number of ether oxygens (including phenoxy) is 1. The Hall–Kier alpha value is -2.99. The van der Waals surface area contributed by atoms with Crippen LogP contribution in [0.2, 0.25) is 5.02 Å². The van der Waals surface area contributed by atoms with E-state index in [2.05, 4.69) is 15.5 Å². The van der Waals surface area contributed by atoms with Gasteiger partial charge in [-0.15, -0.1) is 0 Å². The number of hydrogen-bond donors (Lipinski definition) is 2. The lowest BCUT2D eigenvalue weighted by molar-refractivity contribution is 0.206. The maximum Gasteiger partial charge on any atom is 0.322 e. The van der Waals surface area contributed by atoms with Crippen LogP contribution in [-0.2, 0) is 13.0 Å². The molecule has 6 nitrogen and oxygen atoms in total. The van der Waals surface area contributed by atoms with Gasteiger partial charge in [-0.25, -0.2) is 4.79 Å². The summed E-state index contributed by atoms with van der Waals surface area (Å²) in [6.07, 6.45) is 0.723. The second kappa shape index (κ2) is 7.32. The number of urea groups is 1. The lowest BCUT2D eigenvalue weighted by atomic mass is 10.0. The summed E-state index contributed by atoms with van der Waals surface area (Å²) < 4.78 is 5.47. The minimum Gasteiger partial charge on any atom is -0.496 e. The van der Waals surface area contributed by atoms with E-state index in [9.17, 15) is 4.79 Å². The van der Waals surface area contributed by atoms with E-state index < -0.39 is 0 Å². The molecular weight excluding hydrogens is 364 g/mol. The lowest BCUT2D eigenvalue weighted by Crippen LogP contribution is -2.38. The summed E-state index contributed by atoms with van der Waals surface area (Å²) in [7, 11) is 1.64. The van der Waals surface area contributed by atoms with Crippen LogP contribution < -0.4 is 10.1 Å². The molecule has 2 heterocycles. The molecule has 1 aromatic heterocycles. The highest BCUT2D eigenvalue weighted by Gasteiger charge is 2.26. The summed E-state index contributed by atoms with van der Waals surface area (Å²) in [6, 6.07) is 14.7. The largest absolute Gasteiger partial charge is 0.496 e. The van der Waals surface area contributed by atoms with E-state index in [4.69, 9.17) is 16.3 Å². The van der Waals surface area contributed by atoms with Crippen molar-refractivity contribution in [2.45, 2.75) is 13.0 Å². The highest BCUT2D eigenvalue weighted by Crippen LogP contribution is 2.34. The molecule has 4 rings (SSSR count). The number of H-pyrrole nitrogens is 1. The average molecular weight is 383 g/mol. The van der Waals surface area contributed by atoms with E-state index in [0.717, 1.165) is 34.7 Å². The van der Waals surface area contributed by atoms with Gasteiger partial charge in [-0.1, -0.05) is 29.8 Å². The number of aromatic nitrogens is 2. The van der Waals surface area contributed by atoms with Crippen LogP contribution in [0.3, 0.4) is 0 Å². The first-order chi connectivity index (χ1) is 13.2. The molecule has 7 heteroatoms. The first kappa shape index (κ1) is 17.4. The van der Waals surface area contributed by atoms with Gasteiger partial charge >= 0.3 is 6.03 Å². The number of para-hydroxylation sites is 1. The van der Waals surface area contributed by atoms with Crippen molar-refractivity contribution in [3.8, 4) is 17.0 Å². The Morgan fingerprint density at radius 1 is 1.26 bits per heavy atom. The number of anilines is 1. The van der Waals surface area contributed by atoms with Crippen LogP contribution in [0.1, 0.15) is 11.3 Å². The number of amides is 2. The van der Waals surface area contributed by atoms with Crippen molar-refractivity contribution < 1.29 is 9.53 Å². The van der Waals surface area contributed by atoms with E-state index in [0.29, 0.717) is 23.8 Å². The minimum absolute atomic E-state index is 0.157. The van der Waals surface area contributed by atoms with Gasteiger partial charge in [0.25, 0.3) is 0 Å². The molecule has 2 N–H and O–H groups in total. The number of carbonyl (C=O) groups excluding carboxylic acids is 1. The van der Waals surface area contributed by atoms with Gasteiger partial charge in [-0.2, -0.15) is 5.10 Å². The van der Waals surface area contributed by atoms with Crippen molar-refractivity contribution in [1.82, 2.24) is 15.1 Å². The fraction of sp³-hybridized carbons (Fsp3) is 0.200. The van der Waals surface area contributed by atoms with Crippen molar-refractivity contribution in [3.63, 3.8) is 0 Å². The fourth-order valence-electron chi connectivity index (χ4n) is 3.30. The van der Waals surface area contributed by atoms with Gasteiger partial charge in [0, 0.05) is 40.5 Å². The summed E-state index contributed by atoms with van der Waals surface area (Å²) in [5.74, 6) is 0.757. The van der Waals surface area contributed by atoms with E-state index in [1.165, 1.54) is 0 Å². The Morgan fingerprint density at radius 2 is 2.11 bits per heavy atom. The molecule has 1 aliphatic heterocycles. The van der Waals surface area contributed by atoms with Gasteiger partial charge in [0.05, 0.1) is 13.7 Å². The highest BCUT2D eigenvalue weighted by molar-refractivity contribution is 6.30. The van der Waals surface area contributed by atoms with Crippen LogP contribution in [0.4, 0.5) is 10.5 Å². The molecule has 1 aliphatic rings. The maximum atomic E-state index is 12.7. The zero-order chi connectivity index (χ0) is 18.8. The van der Waals surface area contributed by atoms with Crippen LogP contribution >= 0.6 is 11.6 Å². The summed E-state index contributed by atoms with van der Waals surface area (Å²) in [5, 5.41) is 11.1. The van der Waals surface area contributed by atoms with Gasteiger partial charge in [0.2, 0.25) is 0 Å². The zero-order valence-electron chi connectivity index (χ0n) is 14.8. The molecule has 138 valence electrons. The van der Waals surface area contributed by atoms with Gasteiger partial charge in [-0.05, 0) is 30.3 Å². The summed E-state index contributed by atoms with van der Waals surface area (Å²) >= 11 is 5.99. The van der Waals surface area contributed by atoms with Gasteiger partial charge in [0.1, 0.15) is 11.4 Å². The molecule has 0 spiro atoms. The highest BCUT2D eigenvalue weighted by atomic mass is 35.5. The number of rotatable bonds is 3. The lowest BCUT2D eigenvalue weighted by Gasteiger charge is -2.27. The molecule has 0 saturated carbocycles. The zero-order valence-corrected chi connectivity index (χ0v) is 15.6. The molecule has 3 aromatic rings. The molecule has 0 aliphatic carbocycles. The summed E-state index contributed by atoms with van der Waals surface area (Å²) in [5.41, 5.74) is 4.49. The predicted molar refractivity (Wildman–Crippen MR) is 105 cm³/mol. The third-order valence-corrected chi connectivity index (χ3v) is 4.89. The molecular formula is C20H19ClN4O2. The smallest absolute Gasteiger partial charge is 0.322 e. The quantitative estimate of drug-likeness (QED) is 0.708. The van der Waals surface area contributed by atoms with E-state index in [-0.39, 0.29) is 6.03 Å². The minimum atomic E-state index is -0.157. The van der Waals surface area contributed by atoms with E-state index in [1.54, 1.807) is 24.1 Å². The molecule has 0 bridgehead atoms. The SMILES string of the molecule is COc1ccccc1-c1n[nH]c2c1CN(C(=O)Nc1cccc(Cl)c1)CC2. The first-order valence-corrected chi connectivity index (χ1v) is 9.04. The second-order valence-electron chi connectivity index (χ2n) is 6.34. The third kappa shape index (κ3) is 3.48. The number of aromatic amines is 1. The molecule has 2 aromatic carbocycles. The van der Waals surface area contributed by atoms with Gasteiger partial charge in [0.15, 0.2) is 0 Å². The maximum absolute atomic E-state index is 12.7. The third-order valence-electron chi connectivity index (χ3n) is 4.66. The number of nitrogens with zero attached hydrogens (tertiary/aromatic N) is 2. The van der Waals surface area contributed by atoms with Crippen molar-refractivity contribution in [2.75, 3.05) is 19.0 Å². The average Bonchev–Trinajstić information content (AvgIpc) is 3.11. The van der Waals surface area contributed by atoms with Crippen LogP contribution in [0.15, 0.2) is 48.5 Å². The van der Waals surface area contributed by atoms with Crippen molar-refractivity contribution >= 4 is 23.3 Å². The number of carbonyl (C=O) groups is 1. The molecule has 0 atom stereocenters. The van der Waals surface area contributed by atoms with Crippen molar-refractivity contribution in [2.24, 2.45) is 0 Å². The molecule has 0 unspecified atom stereocenters. The summed E-state index contributed by atoms with van der Waals surface area (Å²) in [4.78, 5) is 14.5.